The Hall–Kier alpha value is -4.04. The highest BCUT2D eigenvalue weighted by Gasteiger charge is 2.27. The van der Waals surface area contributed by atoms with Crippen LogP contribution in [0.3, 0.4) is 0 Å². The Balaban J connectivity index is 1.53. The fraction of sp³-hybridized carbons (Fsp3) is 0.120. The molecule has 1 aromatic heterocycles. The second kappa shape index (κ2) is 8.48. The minimum atomic E-state index is -0.232. The van der Waals surface area contributed by atoms with Gasteiger partial charge in [-0.1, -0.05) is 41.7 Å². The maximum atomic E-state index is 13.7. The molecule has 1 aliphatic rings. The number of fused-ring (bicyclic) bond motifs is 1. The largest absolute Gasteiger partial charge is 0.273 e. The van der Waals surface area contributed by atoms with Crippen LogP contribution in [0.1, 0.15) is 28.8 Å². The number of rotatable bonds is 4. The number of hydrogen-bond acceptors (Lipinski definition) is 5. The summed E-state index contributed by atoms with van der Waals surface area (Å²) in [6, 6.07) is 22.1. The third-order valence-corrected chi connectivity index (χ3v) is 6.48. The van der Waals surface area contributed by atoms with Crippen molar-refractivity contribution in [1.29, 1.82) is 0 Å². The number of anilines is 3. The lowest BCUT2D eigenvalue weighted by Gasteiger charge is -2.27. The van der Waals surface area contributed by atoms with Crippen molar-refractivity contribution >= 4 is 55.8 Å². The highest BCUT2D eigenvalue weighted by atomic mass is 32.1. The first kappa shape index (κ1) is 20.8. The van der Waals surface area contributed by atoms with Gasteiger partial charge in [-0.25, -0.2) is 9.99 Å². The molecule has 0 bridgehead atoms. The van der Waals surface area contributed by atoms with E-state index in [9.17, 15) is 14.4 Å². The molecule has 164 valence electrons. The summed E-state index contributed by atoms with van der Waals surface area (Å²) in [6.07, 6.45) is 0.338. The summed E-state index contributed by atoms with van der Waals surface area (Å²) >= 11 is 1.45. The number of thiazole rings is 1. The lowest BCUT2D eigenvalue weighted by Crippen LogP contribution is -2.50. The average molecular weight is 457 g/mol. The van der Waals surface area contributed by atoms with Crippen LogP contribution in [0.5, 0.6) is 0 Å². The highest BCUT2D eigenvalue weighted by Crippen LogP contribution is 2.36. The SMILES string of the molecule is Cc1ccccc1N(C(=O)c1ccc(N2NC(=O)CCC2=O)cc1)c1nc2ccccc2s1. The van der Waals surface area contributed by atoms with Crippen LogP contribution in [0.2, 0.25) is 0 Å². The molecule has 1 saturated heterocycles. The van der Waals surface area contributed by atoms with Crippen molar-refractivity contribution in [1.82, 2.24) is 10.4 Å². The van der Waals surface area contributed by atoms with E-state index in [0.29, 0.717) is 16.4 Å². The van der Waals surface area contributed by atoms with Crippen LogP contribution in [-0.2, 0) is 9.59 Å². The lowest BCUT2D eigenvalue weighted by molar-refractivity contribution is -0.130. The van der Waals surface area contributed by atoms with E-state index < -0.39 is 0 Å². The number of carbonyl (C=O) groups is 3. The summed E-state index contributed by atoms with van der Waals surface area (Å²) in [5.41, 5.74) is 6.05. The highest BCUT2D eigenvalue weighted by molar-refractivity contribution is 7.22. The number of aryl methyl sites for hydroxylation is 1. The number of para-hydroxylation sites is 2. The van der Waals surface area contributed by atoms with Gasteiger partial charge >= 0.3 is 0 Å². The molecule has 8 heteroatoms. The number of carbonyl (C=O) groups excluding carboxylic acids is 3. The Labute approximate surface area is 194 Å². The van der Waals surface area contributed by atoms with Crippen LogP contribution >= 0.6 is 11.3 Å². The first-order chi connectivity index (χ1) is 16.0. The average Bonchev–Trinajstić information content (AvgIpc) is 3.26. The fourth-order valence-corrected chi connectivity index (χ4v) is 4.71. The van der Waals surface area contributed by atoms with Gasteiger partial charge in [-0.3, -0.25) is 24.7 Å². The van der Waals surface area contributed by atoms with Crippen molar-refractivity contribution in [2.75, 3.05) is 9.91 Å². The van der Waals surface area contributed by atoms with Crippen LogP contribution in [-0.4, -0.2) is 22.7 Å². The second-order valence-electron chi connectivity index (χ2n) is 7.70. The van der Waals surface area contributed by atoms with Crippen LogP contribution in [0.15, 0.2) is 72.8 Å². The molecule has 1 N–H and O–H groups in total. The Morgan fingerprint density at radius 2 is 1.70 bits per heavy atom. The maximum Gasteiger partial charge on any atom is 0.264 e. The molecule has 1 aliphatic heterocycles. The minimum Gasteiger partial charge on any atom is -0.273 e. The van der Waals surface area contributed by atoms with Gasteiger partial charge in [0, 0.05) is 18.4 Å². The fourth-order valence-electron chi connectivity index (χ4n) is 3.74. The number of aromatic nitrogens is 1. The van der Waals surface area contributed by atoms with E-state index in [1.165, 1.54) is 16.3 Å². The summed E-state index contributed by atoms with van der Waals surface area (Å²) in [7, 11) is 0. The second-order valence-corrected chi connectivity index (χ2v) is 8.71. The summed E-state index contributed by atoms with van der Waals surface area (Å²) in [5.74, 6) is -0.634. The minimum absolute atomic E-state index is 0.158. The van der Waals surface area contributed by atoms with Gasteiger partial charge in [0.1, 0.15) is 0 Å². The molecular weight excluding hydrogens is 436 g/mol. The van der Waals surface area contributed by atoms with Gasteiger partial charge in [-0.2, -0.15) is 0 Å². The van der Waals surface area contributed by atoms with Gasteiger partial charge in [0.2, 0.25) is 11.8 Å². The third-order valence-electron chi connectivity index (χ3n) is 5.46. The maximum absolute atomic E-state index is 13.7. The molecule has 4 aromatic rings. The quantitative estimate of drug-likeness (QED) is 0.481. The molecule has 0 unspecified atom stereocenters. The Bertz CT molecular complexity index is 1350. The molecule has 0 aliphatic carbocycles. The van der Waals surface area contributed by atoms with E-state index in [4.69, 9.17) is 4.98 Å². The number of hydrogen-bond donors (Lipinski definition) is 1. The van der Waals surface area contributed by atoms with Crippen molar-refractivity contribution in [2.24, 2.45) is 0 Å². The molecule has 0 atom stereocenters. The van der Waals surface area contributed by atoms with Crippen molar-refractivity contribution in [3.8, 4) is 0 Å². The van der Waals surface area contributed by atoms with E-state index in [-0.39, 0.29) is 30.6 Å². The van der Waals surface area contributed by atoms with Gasteiger partial charge in [0.05, 0.1) is 21.6 Å². The van der Waals surface area contributed by atoms with Gasteiger partial charge in [0.15, 0.2) is 5.13 Å². The molecule has 3 amide bonds. The Kier molecular flexibility index (Phi) is 5.35. The predicted molar refractivity (Wildman–Crippen MR) is 129 cm³/mol. The molecule has 5 rings (SSSR count). The topological polar surface area (TPSA) is 82.6 Å². The molecule has 0 spiro atoms. The van der Waals surface area contributed by atoms with Gasteiger partial charge in [-0.15, -0.1) is 0 Å². The zero-order chi connectivity index (χ0) is 22.9. The first-order valence-electron chi connectivity index (χ1n) is 10.5. The molecular formula is C25H20N4O3S. The summed E-state index contributed by atoms with van der Waals surface area (Å²) in [4.78, 5) is 44.0. The van der Waals surface area contributed by atoms with E-state index in [2.05, 4.69) is 5.43 Å². The Morgan fingerprint density at radius 3 is 2.45 bits per heavy atom. The number of nitrogens with one attached hydrogen (secondary N) is 1. The van der Waals surface area contributed by atoms with Crippen LogP contribution in [0.25, 0.3) is 10.2 Å². The molecule has 33 heavy (non-hydrogen) atoms. The van der Waals surface area contributed by atoms with Crippen LogP contribution in [0.4, 0.5) is 16.5 Å². The molecule has 2 heterocycles. The molecule has 1 fully saturated rings. The van der Waals surface area contributed by atoms with Gasteiger partial charge < -0.3 is 0 Å². The smallest absolute Gasteiger partial charge is 0.264 e. The van der Waals surface area contributed by atoms with Crippen LogP contribution in [0, 0.1) is 6.92 Å². The molecule has 0 saturated carbocycles. The van der Waals surface area contributed by atoms with E-state index in [1.807, 2.05) is 55.5 Å². The van der Waals surface area contributed by atoms with Gasteiger partial charge in [-0.05, 0) is 55.0 Å². The summed E-state index contributed by atoms with van der Waals surface area (Å²) in [5, 5.41) is 1.81. The molecule has 3 aromatic carbocycles. The lowest BCUT2D eigenvalue weighted by atomic mass is 10.1. The van der Waals surface area contributed by atoms with Crippen molar-refractivity contribution in [3.63, 3.8) is 0 Å². The van der Waals surface area contributed by atoms with Crippen LogP contribution < -0.4 is 15.3 Å². The molecule has 7 nitrogen and oxygen atoms in total. The predicted octanol–water partition coefficient (Wildman–Crippen LogP) is 4.74. The normalized spacial score (nSPS) is 13.8. The number of hydrazine groups is 1. The molecule has 0 radical (unpaired) electrons. The first-order valence-corrected chi connectivity index (χ1v) is 11.3. The summed E-state index contributed by atoms with van der Waals surface area (Å²) in [6.45, 7) is 1.96. The zero-order valence-electron chi connectivity index (χ0n) is 17.8. The number of amides is 3. The summed E-state index contributed by atoms with van der Waals surface area (Å²) < 4.78 is 0.994. The van der Waals surface area contributed by atoms with Crippen molar-refractivity contribution < 1.29 is 14.4 Å². The monoisotopic (exact) mass is 456 g/mol. The van der Waals surface area contributed by atoms with E-state index >= 15 is 0 Å². The Morgan fingerprint density at radius 1 is 0.970 bits per heavy atom. The van der Waals surface area contributed by atoms with Crippen molar-refractivity contribution in [2.45, 2.75) is 19.8 Å². The number of benzene rings is 3. The van der Waals surface area contributed by atoms with E-state index in [0.717, 1.165) is 21.5 Å². The van der Waals surface area contributed by atoms with E-state index in [1.54, 1.807) is 29.2 Å². The standard InChI is InChI=1S/C25H20N4O3S/c1-16-6-2-4-8-20(16)28(25-26-19-7-3-5-9-21(19)33-25)24(32)17-10-12-18(13-11-17)29-23(31)15-14-22(30)27-29/h2-13H,14-15H2,1H3,(H,27,30). The van der Waals surface area contributed by atoms with Gasteiger partial charge in [0.25, 0.3) is 5.91 Å². The number of nitrogens with zero attached hydrogens (tertiary/aromatic N) is 3. The third kappa shape index (κ3) is 3.96. The zero-order valence-corrected chi connectivity index (χ0v) is 18.6. The van der Waals surface area contributed by atoms with Crippen molar-refractivity contribution in [3.05, 3.63) is 83.9 Å².